The number of nitrogens with zero attached hydrogens (tertiary/aromatic N) is 2. The van der Waals surface area contributed by atoms with Crippen LogP contribution in [-0.2, 0) is 0 Å². The second-order valence-electron chi connectivity index (χ2n) is 6.02. The molecule has 0 aromatic heterocycles. The molecular formula is C18H10N4O4S2. The topological polar surface area (TPSA) is 110 Å². The van der Waals surface area contributed by atoms with E-state index in [1.165, 1.54) is 24.3 Å². The first-order valence-corrected chi connectivity index (χ1v) is 8.79. The molecule has 2 aromatic rings. The standard InChI is InChI=1S/C18H10N4O4S2/c23-21(24)11-5-1-9(2-6-11)15-13-14(18(28)19-15)16(20-17(13)27)10-3-7-12(8-4-10)22(25)26/h1-8H,(H,19,28)(H,20,27). The molecule has 0 spiro atoms. The van der Waals surface area contributed by atoms with Crippen LogP contribution < -0.4 is 10.6 Å². The lowest BCUT2D eigenvalue weighted by Gasteiger charge is -2.09. The summed E-state index contributed by atoms with van der Waals surface area (Å²) in [5.41, 5.74) is 4.17. The largest absolute Gasteiger partial charge is 0.345 e. The Balaban J connectivity index is 1.80. The fourth-order valence-corrected chi connectivity index (χ4v) is 3.73. The van der Waals surface area contributed by atoms with Crippen molar-refractivity contribution in [3.63, 3.8) is 0 Å². The molecule has 138 valence electrons. The molecule has 0 saturated carbocycles. The molecule has 4 rings (SSSR count). The van der Waals surface area contributed by atoms with Crippen molar-refractivity contribution in [2.75, 3.05) is 0 Å². The molecule has 0 bridgehead atoms. The number of rotatable bonds is 4. The van der Waals surface area contributed by atoms with Gasteiger partial charge in [0.15, 0.2) is 0 Å². The van der Waals surface area contributed by atoms with Gasteiger partial charge in [0.25, 0.3) is 11.4 Å². The van der Waals surface area contributed by atoms with E-state index in [2.05, 4.69) is 10.6 Å². The minimum Gasteiger partial charge on any atom is -0.345 e. The monoisotopic (exact) mass is 410 g/mol. The summed E-state index contributed by atoms with van der Waals surface area (Å²) in [6.07, 6.45) is 0. The van der Waals surface area contributed by atoms with Gasteiger partial charge in [-0.15, -0.1) is 0 Å². The lowest BCUT2D eigenvalue weighted by Crippen LogP contribution is -2.19. The highest BCUT2D eigenvalue weighted by Gasteiger charge is 2.36. The number of non-ortho nitro benzene ring substituents is 2. The Hall–Kier alpha value is -3.50. The van der Waals surface area contributed by atoms with Gasteiger partial charge in [0.1, 0.15) is 9.98 Å². The van der Waals surface area contributed by atoms with Crippen LogP contribution in [0.1, 0.15) is 11.1 Å². The SMILES string of the molecule is O=[N+]([O-])c1ccc(C2=C3C(=S)NC(c4ccc([N+](=O)[O-])cc4)=C3C(=S)N2)cc1. The Labute approximate surface area is 168 Å². The lowest BCUT2D eigenvalue weighted by atomic mass is 10.0. The van der Waals surface area contributed by atoms with E-state index in [-0.39, 0.29) is 11.4 Å². The highest BCUT2D eigenvalue weighted by Crippen LogP contribution is 2.38. The quantitative estimate of drug-likeness (QED) is 0.448. The van der Waals surface area contributed by atoms with Crippen molar-refractivity contribution in [3.8, 4) is 0 Å². The molecule has 0 radical (unpaired) electrons. The van der Waals surface area contributed by atoms with Crippen LogP contribution in [0.15, 0.2) is 59.7 Å². The molecule has 0 fully saturated rings. The van der Waals surface area contributed by atoms with Crippen LogP contribution in [0.25, 0.3) is 11.4 Å². The van der Waals surface area contributed by atoms with Crippen molar-refractivity contribution in [1.82, 2.24) is 10.6 Å². The number of hydrogen-bond donors (Lipinski definition) is 2. The number of thiocarbonyl (C=S) groups is 2. The summed E-state index contributed by atoms with van der Waals surface area (Å²) in [4.78, 5) is 21.7. The van der Waals surface area contributed by atoms with Gasteiger partial charge >= 0.3 is 0 Å². The zero-order valence-corrected chi connectivity index (χ0v) is 15.6. The number of fused-ring (bicyclic) bond motifs is 1. The van der Waals surface area contributed by atoms with Crippen molar-refractivity contribution in [3.05, 3.63) is 91.0 Å². The van der Waals surface area contributed by atoms with Gasteiger partial charge in [0.2, 0.25) is 0 Å². The summed E-state index contributed by atoms with van der Waals surface area (Å²) in [7, 11) is 0. The highest BCUT2D eigenvalue weighted by atomic mass is 32.1. The predicted molar refractivity (Wildman–Crippen MR) is 112 cm³/mol. The molecule has 2 aliphatic rings. The summed E-state index contributed by atoms with van der Waals surface area (Å²) < 4.78 is 0. The first kappa shape index (κ1) is 17.9. The third-order valence-corrected chi connectivity index (χ3v) is 5.03. The van der Waals surface area contributed by atoms with Gasteiger partial charge in [-0.25, -0.2) is 0 Å². The predicted octanol–water partition coefficient (Wildman–Crippen LogP) is 3.49. The molecular weight excluding hydrogens is 400 g/mol. The Bertz CT molecular complexity index is 1040. The summed E-state index contributed by atoms with van der Waals surface area (Å²) in [5, 5.41) is 28.0. The van der Waals surface area contributed by atoms with Gasteiger partial charge < -0.3 is 10.6 Å². The van der Waals surface area contributed by atoms with E-state index in [4.69, 9.17) is 24.4 Å². The Kier molecular flexibility index (Phi) is 4.21. The average molecular weight is 410 g/mol. The molecule has 2 heterocycles. The van der Waals surface area contributed by atoms with Crippen LogP contribution in [0.5, 0.6) is 0 Å². The van der Waals surface area contributed by atoms with E-state index in [0.717, 1.165) is 0 Å². The van der Waals surface area contributed by atoms with Crippen LogP contribution in [0.2, 0.25) is 0 Å². The average Bonchev–Trinajstić information content (AvgIpc) is 3.20. The Morgan fingerprint density at radius 2 is 0.964 bits per heavy atom. The molecule has 2 aliphatic heterocycles. The van der Waals surface area contributed by atoms with Crippen molar-refractivity contribution < 1.29 is 9.85 Å². The van der Waals surface area contributed by atoms with Crippen LogP contribution in [0, 0.1) is 20.2 Å². The first-order chi connectivity index (χ1) is 13.4. The smallest absolute Gasteiger partial charge is 0.269 e. The van der Waals surface area contributed by atoms with E-state index < -0.39 is 9.85 Å². The summed E-state index contributed by atoms with van der Waals surface area (Å²) >= 11 is 10.9. The second kappa shape index (κ2) is 6.59. The lowest BCUT2D eigenvalue weighted by molar-refractivity contribution is -0.385. The minimum atomic E-state index is -0.464. The van der Waals surface area contributed by atoms with Gasteiger partial charge in [-0.2, -0.15) is 0 Å². The third-order valence-electron chi connectivity index (χ3n) is 4.41. The van der Waals surface area contributed by atoms with Gasteiger partial charge in [-0.05, 0) is 35.4 Å². The van der Waals surface area contributed by atoms with Gasteiger partial charge in [-0.3, -0.25) is 20.2 Å². The van der Waals surface area contributed by atoms with Gasteiger partial charge in [-0.1, -0.05) is 24.4 Å². The zero-order valence-electron chi connectivity index (χ0n) is 14.0. The van der Waals surface area contributed by atoms with Crippen LogP contribution >= 0.6 is 24.4 Å². The van der Waals surface area contributed by atoms with E-state index in [0.29, 0.717) is 43.6 Å². The molecule has 8 nitrogen and oxygen atoms in total. The van der Waals surface area contributed by atoms with Crippen molar-refractivity contribution in [1.29, 1.82) is 0 Å². The molecule has 10 heteroatoms. The van der Waals surface area contributed by atoms with Crippen molar-refractivity contribution in [2.45, 2.75) is 0 Å². The summed E-state index contributed by atoms with van der Waals surface area (Å²) in [6, 6.07) is 12.2. The van der Waals surface area contributed by atoms with E-state index in [9.17, 15) is 20.2 Å². The minimum absolute atomic E-state index is 0.00983. The fourth-order valence-electron chi connectivity index (χ4n) is 3.11. The molecule has 0 unspecified atom stereocenters. The molecule has 0 atom stereocenters. The normalized spacial score (nSPS) is 15.4. The van der Waals surface area contributed by atoms with Gasteiger partial charge in [0, 0.05) is 35.4 Å². The van der Waals surface area contributed by atoms with E-state index in [1.54, 1.807) is 24.3 Å². The molecule has 0 saturated heterocycles. The number of benzene rings is 2. The van der Waals surface area contributed by atoms with Crippen LogP contribution in [0.4, 0.5) is 11.4 Å². The van der Waals surface area contributed by atoms with Crippen LogP contribution in [-0.4, -0.2) is 19.8 Å². The maximum absolute atomic E-state index is 10.9. The number of hydrogen-bond acceptors (Lipinski definition) is 6. The molecule has 0 aliphatic carbocycles. The van der Waals surface area contributed by atoms with Gasteiger partial charge in [0.05, 0.1) is 21.2 Å². The van der Waals surface area contributed by atoms with Crippen molar-refractivity contribution in [2.24, 2.45) is 0 Å². The highest BCUT2D eigenvalue weighted by molar-refractivity contribution is 7.81. The fraction of sp³-hybridized carbons (Fsp3) is 0. The molecule has 2 aromatic carbocycles. The maximum atomic E-state index is 10.9. The maximum Gasteiger partial charge on any atom is 0.269 e. The Morgan fingerprint density at radius 3 is 1.25 bits per heavy atom. The molecule has 0 amide bonds. The second-order valence-corrected chi connectivity index (χ2v) is 6.83. The third kappa shape index (κ3) is 2.84. The summed E-state index contributed by atoms with van der Waals surface area (Å²) in [6.45, 7) is 0. The van der Waals surface area contributed by atoms with Crippen molar-refractivity contribution >= 4 is 57.2 Å². The zero-order chi connectivity index (χ0) is 20.0. The van der Waals surface area contributed by atoms with E-state index >= 15 is 0 Å². The van der Waals surface area contributed by atoms with E-state index in [1.807, 2.05) is 0 Å². The summed E-state index contributed by atoms with van der Waals surface area (Å²) in [5.74, 6) is 0. The number of nitrogens with one attached hydrogen (secondary N) is 2. The first-order valence-electron chi connectivity index (χ1n) is 7.98. The Morgan fingerprint density at radius 1 is 0.643 bits per heavy atom. The number of nitro benzene ring substituents is 2. The molecule has 28 heavy (non-hydrogen) atoms. The number of nitro groups is 2. The molecule has 2 N–H and O–H groups in total. The van der Waals surface area contributed by atoms with Crippen LogP contribution in [0.3, 0.4) is 0 Å².